The van der Waals surface area contributed by atoms with E-state index in [1.54, 1.807) is 0 Å². The fourth-order valence-corrected chi connectivity index (χ4v) is 1.94. The first-order chi connectivity index (χ1) is 7.85. The van der Waals surface area contributed by atoms with Crippen molar-refractivity contribution in [2.75, 3.05) is 19.7 Å². The highest BCUT2D eigenvalue weighted by Crippen LogP contribution is 2.47. The van der Waals surface area contributed by atoms with Gasteiger partial charge in [-0.1, -0.05) is 25.1 Å². The summed E-state index contributed by atoms with van der Waals surface area (Å²) < 4.78 is 5.61. The Kier molecular flexibility index (Phi) is 3.83. The minimum absolute atomic E-state index is 0.632. The molecule has 0 radical (unpaired) electrons. The Morgan fingerprint density at radius 1 is 1.25 bits per heavy atom. The first-order valence-electron chi connectivity index (χ1n) is 6.23. The van der Waals surface area contributed by atoms with Crippen LogP contribution < -0.4 is 10.1 Å². The monoisotopic (exact) mass is 219 g/mol. The summed E-state index contributed by atoms with van der Waals surface area (Å²) in [5.41, 5.74) is 0.632. The summed E-state index contributed by atoms with van der Waals surface area (Å²) in [7, 11) is 0. The van der Waals surface area contributed by atoms with Crippen LogP contribution in [0.15, 0.2) is 30.3 Å². The Bertz CT molecular complexity index is 306. The minimum atomic E-state index is 0.632. The van der Waals surface area contributed by atoms with Crippen LogP contribution in [0.2, 0.25) is 0 Å². The second-order valence-electron chi connectivity index (χ2n) is 4.69. The largest absolute Gasteiger partial charge is 0.492 e. The van der Waals surface area contributed by atoms with Crippen LogP contribution in [0, 0.1) is 5.41 Å². The van der Waals surface area contributed by atoms with Gasteiger partial charge in [0.1, 0.15) is 12.4 Å². The van der Waals surface area contributed by atoms with Gasteiger partial charge in [0.2, 0.25) is 0 Å². The van der Waals surface area contributed by atoms with Gasteiger partial charge in [-0.05, 0) is 36.8 Å². The average molecular weight is 219 g/mol. The van der Waals surface area contributed by atoms with Gasteiger partial charge in [0.25, 0.3) is 0 Å². The van der Waals surface area contributed by atoms with Crippen LogP contribution in [0.3, 0.4) is 0 Å². The zero-order chi connectivity index (χ0) is 11.3. The van der Waals surface area contributed by atoms with Crippen molar-refractivity contribution in [1.29, 1.82) is 0 Å². The summed E-state index contributed by atoms with van der Waals surface area (Å²) in [6.07, 6.45) is 4.10. The molecule has 0 spiro atoms. The third-order valence-electron chi connectivity index (χ3n) is 3.50. The first kappa shape index (κ1) is 11.5. The quantitative estimate of drug-likeness (QED) is 0.712. The van der Waals surface area contributed by atoms with Gasteiger partial charge in [-0.2, -0.15) is 0 Å². The van der Waals surface area contributed by atoms with Crippen molar-refractivity contribution in [2.24, 2.45) is 5.41 Å². The van der Waals surface area contributed by atoms with Gasteiger partial charge in [-0.25, -0.2) is 0 Å². The van der Waals surface area contributed by atoms with E-state index in [-0.39, 0.29) is 0 Å². The Morgan fingerprint density at radius 2 is 2.00 bits per heavy atom. The molecule has 16 heavy (non-hydrogen) atoms. The van der Waals surface area contributed by atoms with Crippen molar-refractivity contribution in [3.63, 3.8) is 0 Å². The molecule has 2 heteroatoms. The smallest absolute Gasteiger partial charge is 0.119 e. The first-order valence-corrected chi connectivity index (χ1v) is 6.23. The maximum atomic E-state index is 5.61. The summed E-state index contributed by atoms with van der Waals surface area (Å²) in [5, 5.41) is 3.48. The van der Waals surface area contributed by atoms with E-state index >= 15 is 0 Å². The summed E-state index contributed by atoms with van der Waals surface area (Å²) >= 11 is 0. The van der Waals surface area contributed by atoms with Crippen molar-refractivity contribution < 1.29 is 4.74 Å². The lowest BCUT2D eigenvalue weighted by molar-refractivity contribution is 0.305. The lowest BCUT2D eigenvalue weighted by Crippen LogP contribution is -2.27. The van der Waals surface area contributed by atoms with Crippen molar-refractivity contribution in [2.45, 2.75) is 26.2 Å². The second kappa shape index (κ2) is 5.35. The molecule has 2 rings (SSSR count). The molecule has 0 amide bonds. The Morgan fingerprint density at radius 3 is 2.62 bits per heavy atom. The molecule has 88 valence electrons. The third kappa shape index (κ3) is 3.24. The second-order valence-corrected chi connectivity index (χ2v) is 4.69. The molecule has 1 aliphatic carbocycles. The fourth-order valence-electron chi connectivity index (χ4n) is 1.94. The number of para-hydroxylation sites is 1. The van der Waals surface area contributed by atoms with E-state index in [0.717, 1.165) is 25.4 Å². The van der Waals surface area contributed by atoms with Crippen molar-refractivity contribution in [3.8, 4) is 5.75 Å². The highest BCUT2D eigenvalue weighted by Gasteiger charge is 2.39. The number of benzene rings is 1. The van der Waals surface area contributed by atoms with Crippen LogP contribution in [-0.4, -0.2) is 19.7 Å². The molecule has 0 bridgehead atoms. The summed E-state index contributed by atoms with van der Waals surface area (Å²) in [6.45, 7) is 5.14. The SMILES string of the molecule is CCC1(CNCCOc2ccccc2)CC1. The van der Waals surface area contributed by atoms with Crippen LogP contribution >= 0.6 is 0 Å². The van der Waals surface area contributed by atoms with Gasteiger partial charge in [-0.3, -0.25) is 0 Å². The van der Waals surface area contributed by atoms with Gasteiger partial charge in [0, 0.05) is 13.1 Å². The lowest BCUT2D eigenvalue weighted by Gasteiger charge is -2.13. The Balaban J connectivity index is 1.56. The normalized spacial score (nSPS) is 17.1. The van der Waals surface area contributed by atoms with Crippen LogP contribution in [0.1, 0.15) is 26.2 Å². The molecule has 1 aliphatic rings. The van der Waals surface area contributed by atoms with Crippen LogP contribution in [0.5, 0.6) is 5.75 Å². The minimum Gasteiger partial charge on any atom is -0.492 e. The van der Waals surface area contributed by atoms with E-state index in [0.29, 0.717) is 5.41 Å². The summed E-state index contributed by atoms with van der Waals surface area (Å²) in [4.78, 5) is 0. The predicted molar refractivity (Wildman–Crippen MR) is 66.8 cm³/mol. The zero-order valence-electron chi connectivity index (χ0n) is 10.0. The molecule has 1 saturated carbocycles. The van der Waals surface area contributed by atoms with Gasteiger partial charge in [0.05, 0.1) is 0 Å². The van der Waals surface area contributed by atoms with Crippen LogP contribution in [-0.2, 0) is 0 Å². The molecule has 1 N–H and O–H groups in total. The van der Waals surface area contributed by atoms with Crippen molar-refractivity contribution >= 4 is 0 Å². The van der Waals surface area contributed by atoms with E-state index in [9.17, 15) is 0 Å². The van der Waals surface area contributed by atoms with Crippen LogP contribution in [0.4, 0.5) is 0 Å². The fraction of sp³-hybridized carbons (Fsp3) is 0.571. The molecule has 0 saturated heterocycles. The maximum absolute atomic E-state index is 5.61. The number of hydrogen-bond acceptors (Lipinski definition) is 2. The van der Waals surface area contributed by atoms with E-state index in [4.69, 9.17) is 4.74 Å². The van der Waals surface area contributed by atoms with Gasteiger partial charge >= 0.3 is 0 Å². The molecule has 0 aromatic heterocycles. The molecule has 0 aliphatic heterocycles. The number of ether oxygens (including phenoxy) is 1. The van der Waals surface area contributed by atoms with E-state index in [1.807, 2.05) is 30.3 Å². The molecule has 1 aromatic rings. The Hall–Kier alpha value is -1.02. The molecule has 1 aromatic carbocycles. The average Bonchev–Trinajstić information content (AvgIpc) is 3.11. The molecule has 0 heterocycles. The van der Waals surface area contributed by atoms with E-state index in [2.05, 4.69) is 12.2 Å². The zero-order valence-corrected chi connectivity index (χ0v) is 10.0. The highest BCUT2D eigenvalue weighted by atomic mass is 16.5. The summed E-state index contributed by atoms with van der Waals surface area (Å²) in [5.74, 6) is 0.959. The molecule has 2 nitrogen and oxygen atoms in total. The van der Waals surface area contributed by atoms with E-state index in [1.165, 1.54) is 19.3 Å². The van der Waals surface area contributed by atoms with Gasteiger partial charge < -0.3 is 10.1 Å². The standard InChI is InChI=1S/C14H21NO/c1-2-14(8-9-14)12-15-10-11-16-13-6-4-3-5-7-13/h3-7,15H,2,8-12H2,1H3. The van der Waals surface area contributed by atoms with E-state index < -0.39 is 0 Å². The van der Waals surface area contributed by atoms with Crippen molar-refractivity contribution in [1.82, 2.24) is 5.32 Å². The number of nitrogens with one attached hydrogen (secondary N) is 1. The number of hydrogen-bond donors (Lipinski definition) is 1. The molecular formula is C14H21NO. The molecule has 0 unspecified atom stereocenters. The maximum Gasteiger partial charge on any atom is 0.119 e. The highest BCUT2D eigenvalue weighted by molar-refractivity contribution is 5.20. The summed E-state index contributed by atoms with van der Waals surface area (Å²) in [6, 6.07) is 9.99. The third-order valence-corrected chi connectivity index (χ3v) is 3.50. The number of rotatable bonds is 7. The predicted octanol–water partition coefficient (Wildman–Crippen LogP) is 2.85. The van der Waals surface area contributed by atoms with Crippen LogP contribution in [0.25, 0.3) is 0 Å². The van der Waals surface area contributed by atoms with Gasteiger partial charge in [0.15, 0.2) is 0 Å². The molecule has 1 fully saturated rings. The van der Waals surface area contributed by atoms with Gasteiger partial charge in [-0.15, -0.1) is 0 Å². The molecule has 0 atom stereocenters. The lowest BCUT2D eigenvalue weighted by atomic mass is 10.0. The Labute approximate surface area is 98.0 Å². The topological polar surface area (TPSA) is 21.3 Å². The van der Waals surface area contributed by atoms with Crippen molar-refractivity contribution in [3.05, 3.63) is 30.3 Å². The molecular weight excluding hydrogens is 198 g/mol.